The number of sulfonamides is 1. The van der Waals surface area contributed by atoms with Gasteiger partial charge in [0.2, 0.25) is 10.0 Å². The van der Waals surface area contributed by atoms with Crippen LogP contribution in [0.2, 0.25) is 5.02 Å². The molecule has 11 nitrogen and oxygen atoms in total. The smallest absolute Gasteiger partial charge is 0.355 e. The van der Waals surface area contributed by atoms with Crippen LogP contribution in [-0.2, 0) is 25.0 Å². The SMILES string of the molecule is COC(=O)/C(N)=C/N(N)c1cc(C(=O)Nc2cc(C(C)(C)C)cc(NS(C)(=O)=O)c2OC)ccc1Cl. The van der Waals surface area contributed by atoms with Gasteiger partial charge in [-0.1, -0.05) is 32.4 Å². The number of hydrogen-bond acceptors (Lipinski definition) is 9. The van der Waals surface area contributed by atoms with E-state index in [1.807, 2.05) is 20.8 Å². The van der Waals surface area contributed by atoms with E-state index in [0.29, 0.717) is 0 Å². The van der Waals surface area contributed by atoms with E-state index in [4.69, 9.17) is 27.9 Å². The number of esters is 1. The lowest BCUT2D eigenvalue weighted by molar-refractivity contribution is -0.136. The minimum atomic E-state index is -3.63. The van der Waals surface area contributed by atoms with Crippen molar-refractivity contribution in [3.8, 4) is 5.75 Å². The summed E-state index contributed by atoms with van der Waals surface area (Å²) in [7, 11) is -1.10. The molecule has 196 valence electrons. The van der Waals surface area contributed by atoms with Gasteiger partial charge in [-0.05, 0) is 41.3 Å². The number of anilines is 3. The van der Waals surface area contributed by atoms with Gasteiger partial charge < -0.3 is 20.5 Å². The van der Waals surface area contributed by atoms with Crippen molar-refractivity contribution in [1.29, 1.82) is 0 Å². The van der Waals surface area contributed by atoms with Gasteiger partial charge in [0.1, 0.15) is 5.70 Å². The number of carbonyl (C=O) groups is 2. The zero-order valence-electron chi connectivity index (χ0n) is 20.8. The fraction of sp³-hybridized carbons (Fsp3) is 0.304. The monoisotopic (exact) mass is 539 g/mol. The van der Waals surface area contributed by atoms with E-state index >= 15 is 0 Å². The molecular formula is C23H30ClN5O6S. The van der Waals surface area contributed by atoms with Gasteiger partial charge >= 0.3 is 5.97 Å². The van der Waals surface area contributed by atoms with E-state index in [2.05, 4.69) is 14.8 Å². The number of hydrogen-bond donors (Lipinski definition) is 4. The first-order valence-electron chi connectivity index (χ1n) is 10.5. The van der Waals surface area contributed by atoms with Gasteiger partial charge in [-0.25, -0.2) is 19.1 Å². The maximum Gasteiger partial charge on any atom is 0.355 e. The summed E-state index contributed by atoms with van der Waals surface area (Å²) in [6.45, 7) is 5.83. The van der Waals surface area contributed by atoms with Gasteiger partial charge in [-0.3, -0.25) is 14.5 Å². The number of halogens is 1. The van der Waals surface area contributed by atoms with Crippen molar-refractivity contribution in [2.45, 2.75) is 26.2 Å². The van der Waals surface area contributed by atoms with E-state index in [0.717, 1.165) is 23.0 Å². The minimum Gasteiger partial charge on any atom is -0.492 e. The third kappa shape index (κ3) is 7.26. The molecule has 0 aromatic heterocycles. The van der Waals surface area contributed by atoms with Crippen molar-refractivity contribution in [2.75, 3.05) is 35.5 Å². The molecule has 0 bridgehead atoms. The van der Waals surface area contributed by atoms with E-state index in [-0.39, 0.29) is 44.5 Å². The standard InChI is InChI=1S/C23H30ClN5O6S/c1-23(2,3)14-10-17(20(34-4)18(11-14)28-36(6,32)33)27-21(30)13-7-8-15(24)19(9-13)29(26)12-16(25)22(31)35-5/h7-12,28H,25-26H2,1-6H3,(H,27,30)/b16-12-. The Morgan fingerprint density at radius 2 is 1.72 bits per heavy atom. The molecule has 0 saturated heterocycles. The van der Waals surface area contributed by atoms with Crippen molar-refractivity contribution in [1.82, 2.24) is 0 Å². The lowest BCUT2D eigenvalue weighted by Gasteiger charge is -2.24. The number of nitrogens with one attached hydrogen (secondary N) is 2. The number of carbonyl (C=O) groups excluding carboxylic acids is 2. The number of rotatable bonds is 8. The summed E-state index contributed by atoms with van der Waals surface area (Å²) in [6, 6.07) is 7.68. The van der Waals surface area contributed by atoms with Crippen LogP contribution in [0.1, 0.15) is 36.7 Å². The second-order valence-corrected chi connectivity index (χ2v) is 11.0. The van der Waals surface area contributed by atoms with E-state index in [9.17, 15) is 18.0 Å². The largest absolute Gasteiger partial charge is 0.492 e. The van der Waals surface area contributed by atoms with Crippen molar-refractivity contribution in [3.63, 3.8) is 0 Å². The molecule has 1 amide bonds. The third-order valence-corrected chi connectivity index (χ3v) is 5.80. The van der Waals surface area contributed by atoms with Crippen molar-refractivity contribution >= 4 is 50.6 Å². The minimum absolute atomic E-state index is 0.130. The highest BCUT2D eigenvalue weighted by Gasteiger charge is 2.23. The molecule has 0 saturated carbocycles. The lowest BCUT2D eigenvalue weighted by atomic mass is 9.86. The lowest BCUT2D eigenvalue weighted by Crippen LogP contribution is -2.28. The maximum atomic E-state index is 13.2. The molecule has 0 aliphatic heterocycles. The summed E-state index contributed by atoms with van der Waals surface area (Å²) in [5.41, 5.74) is 6.50. The molecule has 2 aromatic rings. The number of benzene rings is 2. The first kappa shape index (κ1) is 28.8. The van der Waals surface area contributed by atoms with Crippen LogP contribution in [0, 0.1) is 0 Å². The number of hydrazine groups is 1. The highest BCUT2D eigenvalue weighted by molar-refractivity contribution is 7.92. The summed E-state index contributed by atoms with van der Waals surface area (Å²) in [5, 5.41) is 3.93. The fourth-order valence-corrected chi connectivity index (χ4v) is 3.85. The fourth-order valence-electron chi connectivity index (χ4n) is 3.09. The average Bonchev–Trinajstić information content (AvgIpc) is 2.76. The summed E-state index contributed by atoms with van der Waals surface area (Å²) >= 11 is 6.23. The normalized spacial score (nSPS) is 12.1. The first-order chi connectivity index (χ1) is 16.6. The highest BCUT2D eigenvalue weighted by atomic mass is 35.5. The molecule has 0 unspecified atom stereocenters. The Bertz CT molecular complexity index is 1300. The van der Waals surface area contributed by atoms with Crippen LogP contribution in [0.25, 0.3) is 0 Å². The van der Waals surface area contributed by atoms with Crippen LogP contribution in [0.15, 0.2) is 42.2 Å². The van der Waals surface area contributed by atoms with E-state index in [1.165, 1.54) is 32.4 Å². The number of ether oxygens (including phenoxy) is 2. The predicted molar refractivity (Wildman–Crippen MR) is 141 cm³/mol. The number of amides is 1. The molecule has 0 atom stereocenters. The quantitative estimate of drug-likeness (QED) is 0.171. The van der Waals surface area contributed by atoms with Gasteiger partial charge in [0.25, 0.3) is 5.91 Å². The Hall–Kier alpha value is -3.48. The average molecular weight is 540 g/mol. The molecule has 0 fully saturated rings. The number of nitrogens with two attached hydrogens (primary N) is 2. The van der Waals surface area contributed by atoms with Gasteiger partial charge in [-0.15, -0.1) is 0 Å². The van der Waals surface area contributed by atoms with Gasteiger partial charge in [0.15, 0.2) is 5.75 Å². The van der Waals surface area contributed by atoms with Gasteiger partial charge in [0.05, 0.1) is 48.8 Å². The van der Waals surface area contributed by atoms with E-state index < -0.39 is 21.9 Å². The Kier molecular flexibility index (Phi) is 8.84. The van der Waals surface area contributed by atoms with Crippen LogP contribution >= 0.6 is 11.6 Å². The predicted octanol–water partition coefficient (Wildman–Crippen LogP) is 2.92. The molecule has 6 N–H and O–H groups in total. The summed E-state index contributed by atoms with van der Waals surface area (Å²) < 4.78 is 36.3. The number of nitrogens with zero attached hydrogens (tertiary/aromatic N) is 1. The molecule has 0 heterocycles. The molecule has 36 heavy (non-hydrogen) atoms. The van der Waals surface area contributed by atoms with Crippen LogP contribution in [0.5, 0.6) is 5.75 Å². The topological polar surface area (TPSA) is 166 Å². The molecule has 0 spiro atoms. The van der Waals surface area contributed by atoms with Crippen molar-refractivity contribution < 1.29 is 27.5 Å². The molecule has 13 heteroatoms. The van der Waals surface area contributed by atoms with Gasteiger partial charge in [0, 0.05) is 5.56 Å². The third-order valence-electron chi connectivity index (χ3n) is 4.89. The number of methoxy groups -OCH3 is 2. The maximum absolute atomic E-state index is 13.2. The second kappa shape index (κ2) is 11.1. The summed E-state index contributed by atoms with van der Waals surface area (Å²) in [5.74, 6) is 4.75. The molecule has 0 radical (unpaired) electrons. The zero-order chi connectivity index (χ0) is 27.4. The molecule has 2 aromatic carbocycles. The Morgan fingerprint density at radius 1 is 1.11 bits per heavy atom. The molecular weight excluding hydrogens is 510 g/mol. The summed E-state index contributed by atoms with van der Waals surface area (Å²) in [4.78, 5) is 24.7. The van der Waals surface area contributed by atoms with Crippen LogP contribution in [0.3, 0.4) is 0 Å². The van der Waals surface area contributed by atoms with Crippen LogP contribution in [-0.4, -0.2) is 40.8 Å². The molecule has 0 aliphatic rings. The first-order valence-corrected chi connectivity index (χ1v) is 12.7. The highest BCUT2D eigenvalue weighted by Crippen LogP contribution is 2.39. The Labute approximate surface area is 215 Å². The Balaban J connectivity index is 2.52. The molecule has 0 aliphatic carbocycles. The zero-order valence-corrected chi connectivity index (χ0v) is 22.4. The van der Waals surface area contributed by atoms with Crippen molar-refractivity contribution in [2.24, 2.45) is 11.6 Å². The van der Waals surface area contributed by atoms with Crippen molar-refractivity contribution in [3.05, 3.63) is 58.4 Å². The van der Waals surface area contributed by atoms with Crippen LogP contribution < -0.4 is 31.4 Å². The second-order valence-electron chi connectivity index (χ2n) is 8.83. The van der Waals surface area contributed by atoms with Crippen LogP contribution in [0.4, 0.5) is 17.1 Å². The molecule has 2 rings (SSSR count). The van der Waals surface area contributed by atoms with Gasteiger partial charge in [-0.2, -0.15) is 0 Å². The van der Waals surface area contributed by atoms with E-state index in [1.54, 1.807) is 12.1 Å². The Morgan fingerprint density at radius 3 is 2.25 bits per heavy atom. The summed E-state index contributed by atoms with van der Waals surface area (Å²) in [6.07, 6.45) is 2.12.